The van der Waals surface area contributed by atoms with Crippen LogP contribution in [0.5, 0.6) is 0 Å². The van der Waals surface area contributed by atoms with E-state index < -0.39 is 9.85 Å². The number of rotatable bonds is 13. The van der Waals surface area contributed by atoms with Crippen molar-refractivity contribution in [2.75, 3.05) is 0 Å². The van der Waals surface area contributed by atoms with E-state index in [0.29, 0.717) is 0 Å². The molecule has 0 aliphatic heterocycles. The maximum atomic E-state index is 10.7. The summed E-state index contributed by atoms with van der Waals surface area (Å²) >= 11 is 0. The van der Waals surface area contributed by atoms with Crippen molar-refractivity contribution >= 4 is 34.0 Å². The fraction of sp³-hybridized carbons (Fsp3) is 0.286. The van der Waals surface area contributed by atoms with Gasteiger partial charge in [0.15, 0.2) is 0 Å². The Morgan fingerprint density at radius 3 is 1.42 bits per heavy atom. The molecule has 0 unspecified atom stereocenters. The van der Waals surface area contributed by atoms with Gasteiger partial charge in [-0.05, 0) is 25.0 Å². The highest BCUT2D eigenvalue weighted by molar-refractivity contribution is 5.90. The topological polar surface area (TPSA) is 96.1 Å². The fourth-order valence-electron chi connectivity index (χ4n) is 4.74. The predicted molar refractivity (Wildman–Crippen MR) is 144 cm³/mol. The van der Waals surface area contributed by atoms with Crippen LogP contribution in [0.2, 0.25) is 0 Å². The van der Waals surface area contributed by atoms with E-state index in [9.17, 15) is 20.2 Å². The summed E-state index contributed by atoms with van der Waals surface area (Å²) < 4.78 is 4.38. The average Bonchev–Trinajstić information content (AvgIpc) is 3.41. The quantitative estimate of drug-likeness (QED) is 0.114. The summed E-state index contributed by atoms with van der Waals surface area (Å²) in [6.45, 7) is 1.78. The minimum absolute atomic E-state index is 0.433. The highest BCUT2D eigenvalue weighted by Gasteiger charge is 2.08. The molecule has 0 fully saturated rings. The summed E-state index contributed by atoms with van der Waals surface area (Å²) in [4.78, 5) is 20.6. The predicted octanol–water partition coefficient (Wildman–Crippen LogP) is 7.13. The van der Waals surface area contributed by atoms with Crippen molar-refractivity contribution in [2.45, 2.75) is 51.6 Å². The van der Waals surface area contributed by atoms with Crippen molar-refractivity contribution in [1.29, 1.82) is 0 Å². The zero-order valence-electron chi connectivity index (χ0n) is 20.2. The van der Waals surface area contributed by atoms with Gasteiger partial charge in [0.2, 0.25) is 12.4 Å². The van der Waals surface area contributed by atoms with Crippen LogP contribution in [0, 0.1) is 20.2 Å². The molecule has 8 heteroatoms. The first-order chi connectivity index (χ1) is 17.5. The Hall–Kier alpha value is -4.20. The van der Waals surface area contributed by atoms with Crippen LogP contribution in [0.25, 0.3) is 34.0 Å². The van der Waals surface area contributed by atoms with Gasteiger partial charge in [-0.2, -0.15) is 0 Å². The highest BCUT2D eigenvalue weighted by Crippen LogP contribution is 2.25. The molecule has 0 saturated heterocycles. The lowest BCUT2D eigenvalue weighted by atomic mass is 10.1. The molecular weight excluding hydrogens is 456 g/mol. The SMILES string of the molecule is O=[N+]([O-])/C=C\c1cn(CCCCCCCCn2cc(/C=C/[N+](=O)[O-])c3ccccc32)c2ccccc12. The molecule has 0 amide bonds. The van der Waals surface area contributed by atoms with Gasteiger partial charge in [0.25, 0.3) is 0 Å². The van der Waals surface area contributed by atoms with Crippen molar-refractivity contribution in [3.8, 4) is 0 Å². The zero-order valence-corrected chi connectivity index (χ0v) is 20.2. The number of unbranched alkanes of at least 4 members (excludes halogenated alkanes) is 5. The van der Waals surface area contributed by atoms with E-state index in [-0.39, 0.29) is 0 Å². The molecule has 2 aromatic heterocycles. The third-order valence-corrected chi connectivity index (χ3v) is 6.44. The Balaban J connectivity index is 1.23. The third kappa shape index (κ3) is 6.27. The van der Waals surface area contributed by atoms with E-state index in [0.717, 1.165) is 96.9 Å². The maximum absolute atomic E-state index is 10.7. The Morgan fingerprint density at radius 2 is 1.00 bits per heavy atom. The normalized spacial score (nSPS) is 11.9. The van der Waals surface area contributed by atoms with E-state index in [1.165, 1.54) is 0 Å². The van der Waals surface area contributed by atoms with Crippen molar-refractivity contribution in [1.82, 2.24) is 9.13 Å². The number of para-hydroxylation sites is 2. The molecule has 186 valence electrons. The molecule has 0 bridgehead atoms. The monoisotopic (exact) mass is 486 g/mol. The van der Waals surface area contributed by atoms with E-state index >= 15 is 0 Å². The number of fused-ring (bicyclic) bond motifs is 2. The van der Waals surface area contributed by atoms with Gasteiger partial charge in [-0.15, -0.1) is 0 Å². The number of nitrogens with zero attached hydrogens (tertiary/aromatic N) is 4. The van der Waals surface area contributed by atoms with Gasteiger partial charge in [0.05, 0.1) is 9.85 Å². The van der Waals surface area contributed by atoms with Crippen molar-refractivity contribution in [2.24, 2.45) is 0 Å². The highest BCUT2D eigenvalue weighted by atomic mass is 16.6. The first-order valence-corrected chi connectivity index (χ1v) is 12.3. The van der Waals surface area contributed by atoms with Crippen LogP contribution < -0.4 is 0 Å². The fourth-order valence-corrected chi connectivity index (χ4v) is 4.74. The molecule has 4 rings (SSSR count). The van der Waals surface area contributed by atoms with Crippen LogP contribution in [0.15, 0.2) is 73.3 Å². The van der Waals surface area contributed by atoms with E-state index in [1.54, 1.807) is 12.2 Å². The number of hydrogen-bond donors (Lipinski definition) is 0. The van der Waals surface area contributed by atoms with Crippen LogP contribution in [0.1, 0.15) is 49.7 Å². The number of hydrogen-bond acceptors (Lipinski definition) is 4. The van der Waals surface area contributed by atoms with E-state index in [4.69, 9.17) is 0 Å². The molecule has 2 heterocycles. The van der Waals surface area contributed by atoms with Crippen LogP contribution >= 0.6 is 0 Å². The molecule has 0 radical (unpaired) electrons. The van der Waals surface area contributed by atoms with Crippen LogP contribution in [0.3, 0.4) is 0 Å². The summed E-state index contributed by atoms with van der Waals surface area (Å²) in [6, 6.07) is 16.0. The van der Waals surface area contributed by atoms with Crippen molar-refractivity contribution < 1.29 is 9.85 Å². The molecule has 0 aliphatic rings. The minimum Gasteiger partial charge on any atom is -0.347 e. The zero-order chi connectivity index (χ0) is 25.3. The molecule has 8 nitrogen and oxygen atoms in total. The Bertz CT molecular complexity index is 1310. The average molecular weight is 487 g/mol. The maximum Gasteiger partial charge on any atom is 0.235 e. The second-order valence-corrected chi connectivity index (χ2v) is 8.91. The van der Waals surface area contributed by atoms with Crippen LogP contribution in [0.4, 0.5) is 0 Å². The second kappa shape index (κ2) is 12.0. The smallest absolute Gasteiger partial charge is 0.235 e. The van der Waals surface area contributed by atoms with Gasteiger partial charge in [-0.25, -0.2) is 0 Å². The molecule has 0 aliphatic carbocycles. The molecule has 36 heavy (non-hydrogen) atoms. The summed E-state index contributed by atoms with van der Waals surface area (Å²) in [6.07, 6.45) is 15.8. The lowest BCUT2D eigenvalue weighted by molar-refractivity contribution is -0.401. The van der Waals surface area contributed by atoms with E-state index in [2.05, 4.69) is 21.3 Å². The van der Waals surface area contributed by atoms with E-state index in [1.807, 2.05) is 48.8 Å². The molecule has 4 aromatic rings. The van der Waals surface area contributed by atoms with Crippen LogP contribution in [-0.4, -0.2) is 19.0 Å². The largest absolute Gasteiger partial charge is 0.347 e. The summed E-state index contributed by atoms with van der Waals surface area (Å²) in [5.74, 6) is 0. The summed E-state index contributed by atoms with van der Waals surface area (Å²) in [5, 5.41) is 23.5. The summed E-state index contributed by atoms with van der Waals surface area (Å²) in [5.41, 5.74) is 3.95. The molecule has 0 saturated carbocycles. The Morgan fingerprint density at radius 1 is 0.611 bits per heavy atom. The van der Waals surface area contributed by atoms with Gasteiger partial charge in [0, 0.05) is 70.6 Å². The van der Waals surface area contributed by atoms with Crippen molar-refractivity contribution in [3.05, 3.63) is 105 Å². The molecule has 0 spiro atoms. The Kier molecular flexibility index (Phi) is 8.28. The minimum atomic E-state index is -0.433. The van der Waals surface area contributed by atoms with Gasteiger partial charge in [-0.3, -0.25) is 20.2 Å². The van der Waals surface area contributed by atoms with Crippen molar-refractivity contribution in [3.63, 3.8) is 0 Å². The first kappa shape index (κ1) is 24.9. The number of benzene rings is 2. The summed E-state index contributed by atoms with van der Waals surface area (Å²) in [7, 11) is 0. The number of aromatic nitrogens is 2. The lowest BCUT2D eigenvalue weighted by Gasteiger charge is -2.07. The molecule has 2 aromatic carbocycles. The standard InChI is InChI=1S/C28H30N4O4/c33-31(34)19-15-23-21-29(27-13-7-5-11-25(23)27)17-9-3-1-2-4-10-18-30-22-24(16-20-32(35)36)26-12-6-8-14-28(26)30/h5-8,11-16,19-22H,1-4,9-10,17-18H2/b19-15-,20-16+. The van der Waals surface area contributed by atoms with Gasteiger partial charge in [0.1, 0.15) is 0 Å². The second-order valence-electron chi connectivity index (χ2n) is 8.91. The third-order valence-electron chi connectivity index (χ3n) is 6.44. The van der Waals surface area contributed by atoms with Crippen LogP contribution in [-0.2, 0) is 13.1 Å². The molecular formula is C28H30N4O4. The number of aryl methyl sites for hydroxylation is 2. The Labute approximate surface area is 209 Å². The lowest BCUT2D eigenvalue weighted by Crippen LogP contribution is -1.97. The van der Waals surface area contributed by atoms with Gasteiger partial charge >= 0.3 is 0 Å². The first-order valence-electron chi connectivity index (χ1n) is 12.3. The van der Waals surface area contributed by atoms with Gasteiger partial charge < -0.3 is 9.13 Å². The van der Waals surface area contributed by atoms with Gasteiger partial charge in [-0.1, -0.05) is 62.1 Å². The molecule has 0 atom stereocenters. The number of nitro groups is 2. The molecule has 0 N–H and O–H groups in total.